The molecule has 2 aromatic carbocycles. The zero-order valence-electron chi connectivity index (χ0n) is 30.0. The summed E-state index contributed by atoms with van der Waals surface area (Å²) in [6, 6.07) is 21.3. The molecule has 0 saturated carbocycles. The molecular weight excluding hydrogens is 678 g/mol. The number of amides is 2. The monoisotopic (exact) mass is 725 g/mol. The van der Waals surface area contributed by atoms with E-state index >= 15 is 0 Å². The van der Waals surface area contributed by atoms with Gasteiger partial charge in [-0.1, -0.05) is 56.3 Å². The number of hydrogen-bond donors (Lipinski definition) is 4. The summed E-state index contributed by atoms with van der Waals surface area (Å²) in [7, 11) is 0. The lowest BCUT2D eigenvalue weighted by Gasteiger charge is -2.22. The van der Waals surface area contributed by atoms with Crippen LogP contribution in [0, 0.1) is 11.8 Å². The van der Waals surface area contributed by atoms with E-state index in [-0.39, 0.29) is 49.6 Å². The summed E-state index contributed by atoms with van der Waals surface area (Å²) in [4.78, 5) is 51.6. The summed E-state index contributed by atoms with van der Waals surface area (Å²) in [5.41, 5.74) is 9.49. The van der Waals surface area contributed by atoms with Crippen molar-refractivity contribution < 1.29 is 33.7 Å². The van der Waals surface area contributed by atoms with E-state index in [1.54, 1.807) is 24.4 Å². The van der Waals surface area contributed by atoms with Crippen LogP contribution in [0.4, 0.5) is 5.69 Å². The van der Waals surface area contributed by atoms with E-state index in [1.807, 2.05) is 72.8 Å². The van der Waals surface area contributed by atoms with Crippen LogP contribution in [0.25, 0.3) is 16.8 Å². The minimum absolute atomic E-state index is 0.0826. The van der Waals surface area contributed by atoms with E-state index in [4.69, 9.17) is 19.9 Å². The molecule has 3 heterocycles. The number of aliphatic hydroxyl groups is 1. The van der Waals surface area contributed by atoms with Crippen LogP contribution < -0.4 is 21.1 Å². The Hall–Kier alpha value is -5.28. The number of carbonyl (C=O) groups is 3. The minimum atomic E-state index is -1.35. The Morgan fingerprint density at radius 2 is 1.62 bits per heavy atom. The number of nitrogens with one attached hydrogen (secondary N) is 2. The second-order valence-corrected chi connectivity index (χ2v) is 13.1. The Balaban J connectivity index is 0.926. The fourth-order valence-corrected chi connectivity index (χ4v) is 5.78. The van der Waals surface area contributed by atoms with Crippen molar-refractivity contribution >= 4 is 40.1 Å². The molecule has 280 valence electrons. The number of pyridine rings is 1. The summed E-state index contributed by atoms with van der Waals surface area (Å²) in [5.74, 6) is -0.642. The Morgan fingerprint density at radius 1 is 0.887 bits per heavy atom. The third-order valence-electron chi connectivity index (χ3n) is 8.43. The third-order valence-corrected chi connectivity index (χ3v) is 8.43. The molecule has 5 aromatic rings. The smallest absolute Gasteiger partial charge is 0.274 e. The Labute approximate surface area is 308 Å². The van der Waals surface area contributed by atoms with Crippen LogP contribution in [0.5, 0.6) is 5.88 Å². The highest BCUT2D eigenvalue weighted by Crippen LogP contribution is 2.19. The average Bonchev–Trinajstić information content (AvgIpc) is 3.53. The van der Waals surface area contributed by atoms with Gasteiger partial charge < -0.3 is 35.7 Å². The van der Waals surface area contributed by atoms with E-state index < -0.39 is 23.8 Å². The summed E-state index contributed by atoms with van der Waals surface area (Å²) in [5, 5.41) is 16.2. The van der Waals surface area contributed by atoms with E-state index in [0.717, 1.165) is 16.6 Å². The summed E-state index contributed by atoms with van der Waals surface area (Å²) in [6.07, 6.45) is 2.70. The quantitative estimate of drug-likeness (QED) is 0.0808. The highest BCUT2D eigenvalue weighted by molar-refractivity contribution is 6.03. The topological polar surface area (TPSA) is 192 Å². The van der Waals surface area contributed by atoms with Crippen molar-refractivity contribution in [2.24, 2.45) is 17.6 Å². The lowest BCUT2D eigenvalue weighted by Crippen LogP contribution is -2.44. The SMILES string of the molecule is CC(C)C[C@H](CC(=O)[C@@H](O)[C@H](N)Cc1ccccc1)C(=O)NCCOCCOCCOc1ccc(NC(=O)c2ccn3c(n2)nc2ccccc23)cn1. The van der Waals surface area contributed by atoms with E-state index in [2.05, 4.69) is 25.6 Å². The molecule has 5 rings (SSSR count). The molecule has 0 aliphatic rings. The van der Waals surface area contributed by atoms with Crippen LogP contribution in [0.15, 0.2) is 85.2 Å². The highest BCUT2D eigenvalue weighted by Gasteiger charge is 2.29. The number of hydrogen-bond acceptors (Lipinski definition) is 11. The largest absolute Gasteiger partial charge is 0.475 e. The average molecular weight is 726 g/mol. The van der Waals surface area contributed by atoms with E-state index in [0.29, 0.717) is 50.0 Å². The molecule has 0 unspecified atom stereocenters. The van der Waals surface area contributed by atoms with Crippen LogP contribution >= 0.6 is 0 Å². The predicted molar refractivity (Wildman–Crippen MR) is 200 cm³/mol. The van der Waals surface area contributed by atoms with Gasteiger partial charge in [0.25, 0.3) is 5.91 Å². The fraction of sp³-hybridized carbons (Fsp3) is 0.385. The highest BCUT2D eigenvalue weighted by atomic mass is 16.5. The molecule has 3 atom stereocenters. The first-order valence-electron chi connectivity index (χ1n) is 17.8. The molecular formula is C39H47N7O7. The molecule has 0 saturated heterocycles. The second kappa shape index (κ2) is 19.5. The van der Waals surface area contributed by atoms with Crippen molar-refractivity contribution in [3.05, 3.63) is 96.4 Å². The molecule has 53 heavy (non-hydrogen) atoms. The molecule has 14 heteroatoms. The van der Waals surface area contributed by atoms with Crippen LogP contribution in [-0.4, -0.2) is 93.8 Å². The fourth-order valence-electron chi connectivity index (χ4n) is 5.78. The Morgan fingerprint density at radius 3 is 2.38 bits per heavy atom. The Bertz CT molecular complexity index is 1940. The number of para-hydroxylation sites is 2. The molecule has 0 fully saturated rings. The van der Waals surface area contributed by atoms with Crippen molar-refractivity contribution in [3.63, 3.8) is 0 Å². The zero-order chi connectivity index (χ0) is 37.6. The van der Waals surface area contributed by atoms with Gasteiger partial charge in [0, 0.05) is 37.2 Å². The van der Waals surface area contributed by atoms with Gasteiger partial charge in [-0.2, -0.15) is 0 Å². The minimum Gasteiger partial charge on any atom is -0.475 e. The van der Waals surface area contributed by atoms with Gasteiger partial charge in [-0.05, 0) is 48.6 Å². The van der Waals surface area contributed by atoms with Crippen LogP contribution in [0.3, 0.4) is 0 Å². The molecule has 0 spiro atoms. The maximum absolute atomic E-state index is 12.9. The molecule has 5 N–H and O–H groups in total. The second-order valence-electron chi connectivity index (χ2n) is 13.1. The maximum atomic E-state index is 12.9. The summed E-state index contributed by atoms with van der Waals surface area (Å²) in [6.45, 7) is 5.73. The molecule has 3 aromatic heterocycles. The lowest BCUT2D eigenvalue weighted by atomic mass is 9.88. The number of aromatic nitrogens is 4. The number of anilines is 1. The van der Waals surface area contributed by atoms with Crippen molar-refractivity contribution in [1.29, 1.82) is 0 Å². The number of imidazole rings is 1. The van der Waals surface area contributed by atoms with Gasteiger partial charge in [0.15, 0.2) is 5.78 Å². The molecule has 0 aliphatic heterocycles. The first-order chi connectivity index (χ1) is 25.7. The lowest BCUT2D eigenvalue weighted by molar-refractivity contribution is -0.134. The summed E-state index contributed by atoms with van der Waals surface area (Å²) < 4.78 is 18.6. The normalized spacial score (nSPS) is 13.2. The number of nitrogens with two attached hydrogens (primary N) is 1. The van der Waals surface area contributed by atoms with Crippen LogP contribution in [0.1, 0.15) is 42.7 Å². The molecule has 2 amide bonds. The van der Waals surface area contributed by atoms with Crippen molar-refractivity contribution in [2.75, 3.05) is 44.9 Å². The number of Topliss-reactive ketones (excluding diaryl/α,β-unsaturated/α-hetero) is 1. The maximum Gasteiger partial charge on any atom is 0.274 e. The predicted octanol–water partition coefficient (Wildman–Crippen LogP) is 3.61. The van der Waals surface area contributed by atoms with Gasteiger partial charge in [-0.15, -0.1) is 0 Å². The molecule has 0 bridgehead atoms. The number of carbonyl (C=O) groups excluding carboxylic acids is 3. The number of ether oxygens (including phenoxy) is 3. The number of nitrogens with zero attached hydrogens (tertiary/aromatic N) is 4. The van der Waals surface area contributed by atoms with Gasteiger partial charge in [0.2, 0.25) is 17.6 Å². The third kappa shape index (κ3) is 11.6. The first kappa shape index (κ1) is 38.9. The molecule has 0 radical (unpaired) electrons. The van der Waals surface area contributed by atoms with Crippen molar-refractivity contribution in [3.8, 4) is 5.88 Å². The van der Waals surface area contributed by atoms with Crippen molar-refractivity contribution in [1.82, 2.24) is 24.7 Å². The number of benzene rings is 2. The van der Waals surface area contributed by atoms with Crippen LogP contribution in [-0.2, 0) is 25.5 Å². The standard InChI is InChI=1S/C39H47N7O7/c1-26(2)22-28(24-34(47)36(48)30(40)23-27-8-4-3-5-9-27)37(49)41-15-17-51-18-19-52-20-21-53-35-13-12-29(25-42-35)43-38(50)32-14-16-46-33-11-7-6-10-31(33)44-39(46)45-32/h3-14,16,25-26,28,30,36,48H,15,17-24,40H2,1-2H3,(H,41,49)(H,43,50)/t28-,30-,36+/m1/s1. The Kier molecular flexibility index (Phi) is 14.3. The summed E-state index contributed by atoms with van der Waals surface area (Å²) >= 11 is 0. The van der Waals surface area contributed by atoms with Gasteiger partial charge in [0.1, 0.15) is 18.4 Å². The van der Waals surface area contributed by atoms with Gasteiger partial charge >= 0.3 is 0 Å². The number of ketones is 1. The van der Waals surface area contributed by atoms with Gasteiger partial charge in [0.05, 0.1) is 49.3 Å². The zero-order valence-corrected chi connectivity index (χ0v) is 30.0. The number of fused-ring (bicyclic) bond motifs is 3. The van der Waals surface area contributed by atoms with Gasteiger partial charge in [-0.25, -0.2) is 15.0 Å². The van der Waals surface area contributed by atoms with Gasteiger partial charge in [-0.3, -0.25) is 18.8 Å². The van der Waals surface area contributed by atoms with Crippen LogP contribution in [0.2, 0.25) is 0 Å². The first-order valence-corrected chi connectivity index (χ1v) is 17.8. The number of aliphatic hydroxyl groups excluding tert-OH is 1. The number of rotatable bonds is 21. The van der Waals surface area contributed by atoms with E-state index in [1.165, 1.54) is 6.20 Å². The van der Waals surface area contributed by atoms with Crippen molar-refractivity contribution in [2.45, 2.75) is 45.3 Å². The molecule has 14 nitrogen and oxygen atoms in total. The van der Waals surface area contributed by atoms with E-state index in [9.17, 15) is 19.5 Å². The molecule has 0 aliphatic carbocycles.